The first kappa shape index (κ1) is 18.1. The van der Waals surface area contributed by atoms with Crippen LogP contribution in [0.1, 0.15) is 38.0 Å². The number of para-hydroxylation sites is 1. The highest BCUT2D eigenvalue weighted by atomic mass is 16.5. The second kappa shape index (κ2) is 7.66. The minimum absolute atomic E-state index is 0.130. The third-order valence-corrected chi connectivity index (χ3v) is 3.86. The Hall–Kier alpha value is -2.73. The molecule has 0 saturated heterocycles. The van der Waals surface area contributed by atoms with Crippen LogP contribution >= 0.6 is 0 Å². The smallest absolute Gasteiger partial charge is 0.136 e. The molecule has 0 aliphatic heterocycles. The van der Waals surface area contributed by atoms with Crippen molar-refractivity contribution in [2.45, 2.75) is 39.3 Å². The average molecular weight is 351 g/mol. The summed E-state index contributed by atoms with van der Waals surface area (Å²) < 4.78 is 7.10. The number of anilines is 1. The fraction of sp³-hybridized carbons (Fsp3) is 0.350. The van der Waals surface area contributed by atoms with Crippen molar-refractivity contribution in [3.8, 4) is 5.69 Å². The summed E-state index contributed by atoms with van der Waals surface area (Å²) in [6, 6.07) is 14.0. The predicted molar refractivity (Wildman–Crippen MR) is 102 cm³/mol. The number of hydrogen-bond donors (Lipinski definition) is 1. The van der Waals surface area contributed by atoms with E-state index in [1.54, 1.807) is 7.11 Å². The van der Waals surface area contributed by atoms with Crippen LogP contribution in [0.4, 0.5) is 5.82 Å². The minimum Gasteiger partial charge on any atom is -0.378 e. The monoisotopic (exact) mass is 351 g/mol. The van der Waals surface area contributed by atoms with Crippen LogP contribution in [-0.2, 0) is 23.3 Å². The van der Waals surface area contributed by atoms with Crippen LogP contribution in [0.2, 0.25) is 0 Å². The summed E-state index contributed by atoms with van der Waals surface area (Å²) in [5, 5.41) is 7.97. The summed E-state index contributed by atoms with van der Waals surface area (Å²) in [5.74, 6) is 1.58. The van der Waals surface area contributed by atoms with Gasteiger partial charge >= 0.3 is 0 Å². The SMILES string of the molecule is COCc1cc(NCc2ccn(-c3ccccc3)n2)nc(C(C)(C)C)n1. The third kappa shape index (κ3) is 4.46. The molecule has 136 valence electrons. The molecule has 1 aromatic carbocycles. The Morgan fingerprint density at radius 3 is 2.50 bits per heavy atom. The summed E-state index contributed by atoms with van der Waals surface area (Å²) in [4.78, 5) is 9.25. The van der Waals surface area contributed by atoms with Crippen LogP contribution in [0.3, 0.4) is 0 Å². The van der Waals surface area contributed by atoms with E-state index in [1.807, 2.05) is 53.3 Å². The van der Waals surface area contributed by atoms with Gasteiger partial charge in [-0.3, -0.25) is 0 Å². The number of methoxy groups -OCH3 is 1. The van der Waals surface area contributed by atoms with Crippen LogP contribution in [0.25, 0.3) is 5.69 Å². The van der Waals surface area contributed by atoms with E-state index >= 15 is 0 Å². The summed E-state index contributed by atoms with van der Waals surface area (Å²) in [6.45, 7) is 7.36. The molecule has 2 heterocycles. The van der Waals surface area contributed by atoms with Crippen LogP contribution in [0, 0.1) is 0 Å². The average Bonchev–Trinajstić information content (AvgIpc) is 3.09. The van der Waals surface area contributed by atoms with Gasteiger partial charge in [-0.1, -0.05) is 39.0 Å². The number of nitrogens with one attached hydrogen (secondary N) is 1. The lowest BCUT2D eigenvalue weighted by molar-refractivity contribution is 0.181. The van der Waals surface area contributed by atoms with E-state index < -0.39 is 0 Å². The lowest BCUT2D eigenvalue weighted by Crippen LogP contribution is -2.18. The second-order valence-electron chi connectivity index (χ2n) is 7.19. The predicted octanol–water partition coefficient (Wildman–Crippen LogP) is 3.72. The first-order valence-corrected chi connectivity index (χ1v) is 8.67. The van der Waals surface area contributed by atoms with Crippen molar-refractivity contribution in [3.05, 3.63) is 65.9 Å². The third-order valence-electron chi connectivity index (χ3n) is 3.86. The highest BCUT2D eigenvalue weighted by Crippen LogP contribution is 2.21. The summed E-state index contributed by atoms with van der Waals surface area (Å²) in [6.07, 6.45) is 1.96. The molecule has 0 spiro atoms. The molecule has 0 unspecified atom stereocenters. The van der Waals surface area contributed by atoms with Gasteiger partial charge in [0.15, 0.2) is 0 Å². The van der Waals surface area contributed by atoms with Gasteiger partial charge in [-0.15, -0.1) is 0 Å². The zero-order chi connectivity index (χ0) is 18.6. The molecule has 0 aliphatic carbocycles. The van der Waals surface area contributed by atoms with Gasteiger partial charge < -0.3 is 10.1 Å². The molecule has 3 rings (SSSR count). The Labute approximate surface area is 154 Å². The van der Waals surface area contributed by atoms with E-state index in [4.69, 9.17) is 4.74 Å². The summed E-state index contributed by atoms with van der Waals surface area (Å²) in [5.41, 5.74) is 2.72. The summed E-state index contributed by atoms with van der Waals surface area (Å²) >= 11 is 0. The molecule has 6 nitrogen and oxygen atoms in total. The zero-order valence-electron chi connectivity index (χ0n) is 15.7. The molecule has 0 fully saturated rings. The molecule has 0 aliphatic rings. The van der Waals surface area contributed by atoms with E-state index in [2.05, 4.69) is 41.2 Å². The van der Waals surface area contributed by atoms with E-state index in [0.29, 0.717) is 13.2 Å². The van der Waals surface area contributed by atoms with Gasteiger partial charge in [0.1, 0.15) is 11.6 Å². The van der Waals surface area contributed by atoms with Crippen molar-refractivity contribution in [3.63, 3.8) is 0 Å². The lowest BCUT2D eigenvalue weighted by Gasteiger charge is -2.18. The minimum atomic E-state index is -0.130. The zero-order valence-corrected chi connectivity index (χ0v) is 15.7. The van der Waals surface area contributed by atoms with E-state index in [9.17, 15) is 0 Å². The molecule has 0 atom stereocenters. The molecule has 0 radical (unpaired) electrons. The quantitative estimate of drug-likeness (QED) is 0.733. The standard InChI is InChI=1S/C20H25N5O/c1-20(2,3)19-22-16(14-26-4)12-18(23-19)21-13-15-10-11-25(24-15)17-8-6-5-7-9-17/h5-12H,13-14H2,1-4H3,(H,21,22,23). The van der Waals surface area contributed by atoms with Gasteiger partial charge in [0.05, 0.1) is 30.2 Å². The van der Waals surface area contributed by atoms with E-state index in [-0.39, 0.29) is 5.41 Å². The van der Waals surface area contributed by atoms with Crippen molar-refractivity contribution in [1.29, 1.82) is 0 Å². The molecule has 0 amide bonds. The van der Waals surface area contributed by atoms with Gasteiger partial charge in [-0.25, -0.2) is 14.6 Å². The topological polar surface area (TPSA) is 64.9 Å². The van der Waals surface area contributed by atoms with Crippen molar-refractivity contribution < 1.29 is 4.74 Å². The Balaban J connectivity index is 1.75. The second-order valence-corrected chi connectivity index (χ2v) is 7.19. The van der Waals surface area contributed by atoms with Crippen molar-refractivity contribution in [2.75, 3.05) is 12.4 Å². The molecule has 6 heteroatoms. The van der Waals surface area contributed by atoms with Crippen LogP contribution in [0.5, 0.6) is 0 Å². The largest absolute Gasteiger partial charge is 0.378 e. The normalized spacial score (nSPS) is 11.5. The van der Waals surface area contributed by atoms with E-state index in [1.165, 1.54) is 0 Å². The number of benzene rings is 1. The highest BCUT2D eigenvalue weighted by Gasteiger charge is 2.19. The van der Waals surface area contributed by atoms with Gasteiger partial charge in [0.25, 0.3) is 0 Å². The van der Waals surface area contributed by atoms with Gasteiger partial charge in [-0.05, 0) is 18.2 Å². The van der Waals surface area contributed by atoms with Crippen molar-refractivity contribution in [1.82, 2.24) is 19.7 Å². The van der Waals surface area contributed by atoms with Crippen LogP contribution < -0.4 is 5.32 Å². The lowest BCUT2D eigenvalue weighted by atomic mass is 9.95. The Kier molecular flexibility index (Phi) is 5.32. The maximum atomic E-state index is 5.23. The van der Waals surface area contributed by atoms with Crippen LogP contribution in [-0.4, -0.2) is 26.9 Å². The first-order chi connectivity index (χ1) is 12.5. The van der Waals surface area contributed by atoms with Gasteiger partial charge in [-0.2, -0.15) is 5.10 Å². The molecular formula is C20H25N5O. The molecule has 0 saturated carbocycles. The molecule has 3 aromatic rings. The molecule has 2 aromatic heterocycles. The van der Waals surface area contributed by atoms with Crippen molar-refractivity contribution >= 4 is 5.82 Å². The Morgan fingerprint density at radius 2 is 1.81 bits per heavy atom. The molecule has 1 N–H and O–H groups in total. The maximum Gasteiger partial charge on any atom is 0.136 e. The van der Waals surface area contributed by atoms with Crippen molar-refractivity contribution in [2.24, 2.45) is 0 Å². The van der Waals surface area contributed by atoms with E-state index in [0.717, 1.165) is 28.7 Å². The number of hydrogen-bond acceptors (Lipinski definition) is 5. The summed E-state index contributed by atoms with van der Waals surface area (Å²) in [7, 11) is 1.67. The fourth-order valence-corrected chi connectivity index (χ4v) is 2.51. The maximum absolute atomic E-state index is 5.23. The van der Waals surface area contributed by atoms with Gasteiger partial charge in [0, 0.05) is 24.8 Å². The van der Waals surface area contributed by atoms with Gasteiger partial charge in [0.2, 0.25) is 0 Å². The molecule has 26 heavy (non-hydrogen) atoms. The number of ether oxygens (including phenoxy) is 1. The highest BCUT2D eigenvalue weighted by molar-refractivity contribution is 5.38. The molecular weight excluding hydrogens is 326 g/mol. The Bertz CT molecular complexity index is 852. The van der Waals surface area contributed by atoms with Crippen LogP contribution in [0.15, 0.2) is 48.7 Å². The number of rotatable bonds is 6. The number of aromatic nitrogens is 4. The number of nitrogens with zero attached hydrogens (tertiary/aromatic N) is 4. The molecule has 0 bridgehead atoms. The first-order valence-electron chi connectivity index (χ1n) is 8.67. The Morgan fingerprint density at radius 1 is 1.04 bits per heavy atom. The fourth-order valence-electron chi connectivity index (χ4n) is 2.51.